The fourth-order valence-electron chi connectivity index (χ4n) is 4.18. The summed E-state index contributed by atoms with van der Waals surface area (Å²) in [5.41, 5.74) is 1.42. The Morgan fingerprint density at radius 2 is 1.30 bits per heavy atom. The number of nitrogens with zero attached hydrogens (tertiary/aromatic N) is 1. The summed E-state index contributed by atoms with van der Waals surface area (Å²) in [4.78, 5) is 26.8. The lowest BCUT2D eigenvalue weighted by atomic mass is 9.81. The molecule has 2 amide bonds. The highest BCUT2D eigenvalue weighted by molar-refractivity contribution is 5.81. The molecule has 146 valence electrons. The van der Waals surface area contributed by atoms with Gasteiger partial charge in [-0.1, -0.05) is 30.3 Å². The van der Waals surface area contributed by atoms with Gasteiger partial charge in [0.2, 0.25) is 11.8 Å². The number of carbonyl (C=O) groups is 2. The Bertz CT molecular complexity index is 619. The van der Waals surface area contributed by atoms with Crippen molar-refractivity contribution in [3.8, 4) is 0 Å². The summed E-state index contributed by atoms with van der Waals surface area (Å²) < 4.78 is 0. The molecule has 4 rings (SSSR count). The number of hydrogen-bond acceptors (Lipinski definition) is 3. The van der Waals surface area contributed by atoms with Crippen LogP contribution in [0.25, 0.3) is 0 Å². The smallest absolute Gasteiger partial charge is 0.234 e. The third-order valence-corrected chi connectivity index (χ3v) is 6.06. The fourth-order valence-corrected chi connectivity index (χ4v) is 4.18. The van der Waals surface area contributed by atoms with Gasteiger partial charge in [-0.2, -0.15) is 0 Å². The summed E-state index contributed by atoms with van der Waals surface area (Å²) >= 11 is 0. The predicted molar refractivity (Wildman–Crippen MR) is 105 cm³/mol. The quantitative estimate of drug-likeness (QED) is 0.740. The molecule has 0 heterocycles. The third kappa shape index (κ3) is 5.55. The molecule has 0 saturated heterocycles. The van der Waals surface area contributed by atoms with E-state index in [9.17, 15) is 9.59 Å². The van der Waals surface area contributed by atoms with Crippen LogP contribution < -0.4 is 10.6 Å². The zero-order valence-corrected chi connectivity index (χ0v) is 16.0. The van der Waals surface area contributed by atoms with Crippen LogP contribution in [0.4, 0.5) is 0 Å². The highest BCUT2D eigenvalue weighted by atomic mass is 16.2. The van der Waals surface area contributed by atoms with Crippen molar-refractivity contribution >= 4 is 11.8 Å². The zero-order chi connectivity index (χ0) is 18.6. The van der Waals surface area contributed by atoms with E-state index in [2.05, 4.69) is 45.9 Å². The molecule has 0 aromatic heterocycles. The summed E-state index contributed by atoms with van der Waals surface area (Å²) in [7, 11) is 0. The maximum Gasteiger partial charge on any atom is 0.234 e. The molecule has 3 aliphatic carbocycles. The van der Waals surface area contributed by atoms with E-state index < -0.39 is 0 Å². The molecule has 5 heteroatoms. The van der Waals surface area contributed by atoms with Crippen LogP contribution in [-0.2, 0) is 9.59 Å². The Morgan fingerprint density at radius 3 is 1.78 bits per heavy atom. The SMILES string of the molecule is O=C(CN(CC(=O)NC1CC1)C1CCC(c2ccccc2)CC1)NC1CC1. The van der Waals surface area contributed by atoms with Gasteiger partial charge in [-0.15, -0.1) is 0 Å². The van der Waals surface area contributed by atoms with E-state index in [0.717, 1.165) is 51.4 Å². The largest absolute Gasteiger partial charge is 0.352 e. The number of nitrogens with one attached hydrogen (secondary N) is 2. The molecule has 0 unspecified atom stereocenters. The molecular formula is C22H31N3O2. The van der Waals surface area contributed by atoms with Gasteiger partial charge in [-0.25, -0.2) is 0 Å². The Hall–Kier alpha value is -1.88. The van der Waals surface area contributed by atoms with Gasteiger partial charge in [0.15, 0.2) is 0 Å². The van der Waals surface area contributed by atoms with Crippen molar-refractivity contribution < 1.29 is 9.59 Å². The van der Waals surface area contributed by atoms with Gasteiger partial charge < -0.3 is 10.6 Å². The minimum atomic E-state index is 0.0712. The lowest BCUT2D eigenvalue weighted by Gasteiger charge is -2.36. The Balaban J connectivity index is 1.33. The first-order valence-corrected chi connectivity index (χ1v) is 10.5. The molecule has 27 heavy (non-hydrogen) atoms. The molecule has 0 bridgehead atoms. The molecule has 0 spiro atoms. The molecular weight excluding hydrogens is 338 g/mol. The van der Waals surface area contributed by atoms with E-state index in [-0.39, 0.29) is 11.8 Å². The first kappa shape index (κ1) is 18.5. The van der Waals surface area contributed by atoms with Crippen LogP contribution in [0.15, 0.2) is 30.3 Å². The number of carbonyl (C=O) groups excluding carboxylic acids is 2. The van der Waals surface area contributed by atoms with Crippen molar-refractivity contribution in [3.63, 3.8) is 0 Å². The van der Waals surface area contributed by atoms with Gasteiger partial charge >= 0.3 is 0 Å². The minimum absolute atomic E-state index is 0.0712. The van der Waals surface area contributed by atoms with Crippen LogP contribution in [0.3, 0.4) is 0 Å². The van der Waals surface area contributed by atoms with Gasteiger partial charge in [0.05, 0.1) is 13.1 Å². The zero-order valence-electron chi connectivity index (χ0n) is 16.0. The van der Waals surface area contributed by atoms with E-state index in [1.807, 2.05) is 0 Å². The summed E-state index contributed by atoms with van der Waals surface area (Å²) in [5.74, 6) is 0.744. The predicted octanol–water partition coefficient (Wildman–Crippen LogP) is 2.57. The van der Waals surface area contributed by atoms with Crippen molar-refractivity contribution in [1.82, 2.24) is 15.5 Å². The number of amides is 2. The number of hydrogen-bond donors (Lipinski definition) is 2. The lowest BCUT2D eigenvalue weighted by Crippen LogP contribution is -2.49. The van der Waals surface area contributed by atoms with Gasteiger partial charge in [0.25, 0.3) is 0 Å². The monoisotopic (exact) mass is 369 g/mol. The van der Waals surface area contributed by atoms with Crippen molar-refractivity contribution in [1.29, 1.82) is 0 Å². The molecule has 0 atom stereocenters. The minimum Gasteiger partial charge on any atom is -0.352 e. The van der Waals surface area contributed by atoms with Crippen LogP contribution in [-0.4, -0.2) is 47.9 Å². The summed E-state index contributed by atoms with van der Waals surface area (Å²) in [5, 5.41) is 6.14. The van der Waals surface area contributed by atoms with E-state index in [0.29, 0.717) is 37.1 Å². The molecule has 1 aromatic carbocycles. The molecule has 5 nitrogen and oxygen atoms in total. The highest BCUT2D eigenvalue weighted by Gasteiger charge is 2.31. The van der Waals surface area contributed by atoms with Crippen LogP contribution >= 0.6 is 0 Å². The molecule has 2 N–H and O–H groups in total. The van der Waals surface area contributed by atoms with Crippen molar-refractivity contribution in [2.75, 3.05) is 13.1 Å². The lowest BCUT2D eigenvalue weighted by molar-refractivity contribution is -0.126. The number of benzene rings is 1. The molecule has 3 aliphatic rings. The second-order valence-electron chi connectivity index (χ2n) is 8.50. The molecule has 3 saturated carbocycles. The molecule has 1 aromatic rings. The van der Waals surface area contributed by atoms with Gasteiger partial charge in [0.1, 0.15) is 0 Å². The first-order chi connectivity index (χ1) is 13.2. The Labute approximate surface area is 161 Å². The standard InChI is InChI=1S/C22H31N3O2/c26-21(23-18-8-9-18)14-25(15-22(27)24-19-10-11-19)20-12-6-17(7-13-20)16-4-2-1-3-5-16/h1-5,17-20H,6-15H2,(H,23,26)(H,24,27). The van der Waals surface area contributed by atoms with E-state index in [1.165, 1.54) is 5.56 Å². The van der Waals surface area contributed by atoms with E-state index in [4.69, 9.17) is 0 Å². The third-order valence-electron chi connectivity index (χ3n) is 6.06. The molecule has 0 radical (unpaired) electrons. The van der Waals surface area contributed by atoms with Gasteiger partial charge in [-0.05, 0) is 62.8 Å². The fraction of sp³-hybridized carbons (Fsp3) is 0.636. The van der Waals surface area contributed by atoms with Crippen molar-refractivity contribution in [2.45, 2.75) is 75.4 Å². The van der Waals surface area contributed by atoms with Gasteiger partial charge in [-0.3, -0.25) is 14.5 Å². The van der Waals surface area contributed by atoms with E-state index in [1.54, 1.807) is 0 Å². The van der Waals surface area contributed by atoms with Crippen LogP contribution in [0.1, 0.15) is 62.8 Å². The van der Waals surface area contributed by atoms with Crippen molar-refractivity contribution in [2.24, 2.45) is 0 Å². The van der Waals surface area contributed by atoms with Gasteiger partial charge in [0, 0.05) is 18.1 Å². The average Bonchev–Trinajstić information content (AvgIpc) is 3.60. The highest BCUT2D eigenvalue weighted by Crippen LogP contribution is 2.34. The topological polar surface area (TPSA) is 61.4 Å². The normalized spacial score (nSPS) is 25.2. The number of rotatable bonds is 8. The second kappa shape index (κ2) is 8.42. The maximum atomic E-state index is 12.4. The first-order valence-electron chi connectivity index (χ1n) is 10.5. The Morgan fingerprint density at radius 1 is 0.778 bits per heavy atom. The maximum absolute atomic E-state index is 12.4. The van der Waals surface area contributed by atoms with Crippen LogP contribution in [0.2, 0.25) is 0 Å². The van der Waals surface area contributed by atoms with E-state index >= 15 is 0 Å². The van der Waals surface area contributed by atoms with Crippen LogP contribution in [0.5, 0.6) is 0 Å². The Kier molecular flexibility index (Phi) is 5.77. The van der Waals surface area contributed by atoms with Crippen molar-refractivity contribution in [3.05, 3.63) is 35.9 Å². The molecule has 3 fully saturated rings. The summed E-state index contributed by atoms with van der Waals surface area (Å²) in [6.45, 7) is 0.685. The summed E-state index contributed by atoms with van der Waals surface area (Å²) in [6.07, 6.45) is 8.72. The summed E-state index contributed by atoms with van der Waals surface area (Å²) in [6, 6.07) is 11.8. The average molecular weight is 370 g/mol. The van der Waals surface area contributed by atoms with Crippen LogP contribution in [0, 0.1) is 0 Å². The second-order valence-corrected chi connectivity index (χ2v) is 8.50. The molecule has 0 aliphatic heterocycles.